The topological polar surface area (TPSA) is 73.8 Å². The first kappa shape index (κ1) is 20.0. The monoisotopic (exact) mass is 377 g/mol. The van der Waals surface area contributed by atoms with E-state index >= 15 is 0 Å². The van der Waals surface area contributed by atoms with Gasteiger partial charge >= 0.3 is 5.97 Å². The lowest BCUT2D eigenvalue weighted by Gasteiger charge is -2.39. The zero-order chi connectivity index (χ0) is 19.4. The van der Waals surface area contributed by atoms with Crippen LogP contribution in [0.15, 0.2) is 12.3 Å². The zero-order valence-electron chi connectivity index (χ0n) is 16.8. The summed E-state index contributed by atoms with van der Waals surface area (Å²) in [4.78, 5) is 23.2. The minimum Gasteiger partial charge on any atom is -0.455 e. The minimum atomic E-state index is -0.554. The fourth-order valence-corrected chi connectivity index (χ4v) is 3.35. The van der Waals surface area contributed by atoms with Gasteiger partial charge in [0.05, 0.1) is 6.10 Å². The van der Waals surface area contributed by atoms with Crippen LogP contribution in [0.1, 0.15) is 63.9 Å². The summed E-state index contributed by atoms with van der Waals surface area (Å²) in [6, 6.07) is 1.59. The lowest BCUT2D eigenvalue weighted by Crippen LogP contribution is -2.47. The van der Waals surface area contributed by atoms with Gasteiger partial charge in [-0.1, -0.05) is 6.92 Å². The van der Waals surface area contributed by atoms with Gasteiger partial charge in [0.15, 0.2) is 12.0 Å². The average Bonchev–Trinajstić information content (AvgIpc) is 2.63. The number of anilines is 1. The standard InChI is InChI=1S/C20H31N3O4/c1-14-9-11-23(13-16(14)26-17-7-5-6-12-25-17)19-21-10-8-15(22-19)18(24)27-20(2,3)4/h8,10,14,16-17H,5-7,9,11-13H2,1-4H3. The van der Waals surface area contributed by atoms with Gasteiger partial charge in [0.25, 0.3) is 0 Å². The number of carbonyl (C=O) groups excluding carboxylic acids is 1. The first-order valence-corrected chi connectivity index (χ1v) is 9.90. The summed E-state index contributed by atoms with van der Waals surface area (Å²) in [5, 5.41) is 0. The van der Waals surface area contributed by atoms with E-state index in [-0.39, 0.29) is 18.1 Å². The van der Waals surface area contributed by atoms with Gasteiger partial charge in [0, 0.05) is 25.9 Å². The highest BCUT2D eigenvalue weighted by atomic mass is 16.7. The maximum Gasteiger partial charge on any atom is 0.357 e. The third-order valence-corrected chi connectivity index (χ3v) is 4.89. The SMILES string of the molecule is CC1CCN(c2nccc(C(=O)OC(C)(C)C)n2)CC1OC1CCCCO1. The number of rotatable bonds is 4. The Morgan fingerprint density at radius 3 is 2.81 bits per heavy atom. The van der Waals surface area contributed by atoms with Crippen LogP contribution in [0.25, 0.3) is 0 Å². The van der Waals surface area contributed by atoms with Crippen molar-refractivity contribution in [3.63, 3.8) is 0 Å². The number of aromatic nitrogens is 2. The molecule has 0 amide bonds. The Labute approximate surface area is 161 Å². The minimum absolute atomic E-state index is 0.0654. The molecule has 0 spiro atoms. The molecule has 3 heterocycles. The molecular weight excluding hydrogens is 346 g/mol. The third kappa shape index (κ3) is 5.62. The van der Waals surface area contributed by atoms with E-state index in [0.29, 0.717) is 18.4 Å². The molecule has 2 aliphatic rings. The molecule has 0 saturated carbocycles. The third-order valence-electron chi connectivity index (χ3n) is 4.89. The number of carbonyl (C=O) groups is 1. The predicted molar refractivity (Wildman–Crippen MR) is 102 cm³/mol. The highest BCUT2D eigenvalue weighted by Gasteiger charge is 2.31. The average molecular weight is 377 g/mol. The van der Waals surface area contributed by atoms with Gasteiger partial charge in [-0.15, -0.1) is 0 Å². The molecule has 0 aliphatic carbocycles. The number of nitrogens with zero attached hydrogens (tertiary/aromatic N) is 3. The quantitative estimate of drug-likeness (QED) is 0.746. The first-order chi connectivity index (χ1) is 12.8. The molecule has 0 bridgehead atoms. The normalized spacial score (nSPS) is 26.7. The van der Waals surface area contributed by atoms with Crippen molar-refractivity contribution in [1.29, 1.82) is 0 Å². The second-order valence-electron chi connectivity index (χ2n) is 8.43. The number of hydrogen-bond acceptors (Lipinski definition) is 7. The van der Waals surface area contributed by atoms with Crippen LogP contribution in [0, 0.1) is 5.92 Å². The Bertz CT molecular complexity index is 640. The van der Waals surface area contributed by atoms with Crippen LogP contribution in [0.2, 0.25) is 0 Å². The van der Waals surface area contributed by atoms with E-state index in [9.17, 15) is 4.79 Å². The largest absolute Gasteiger partial charge is 0.455 e. The number of piperidine rings is 1. The highest BCUT2D eigenvalue weighted by Crippen LogP contribution is 2.26. The summed E-state index contributed by atoms with van der Waals surface area (Å²) in [7, 11) is 0. The lowest BCUT2D eigenvalue weighted by atomic mass is 9.96. The Hall–Kier alpha value is -1.73. The van der Waals surface area contributed by atoms with Crippen molar-refractivity contribution < 1.29 is 19.0 Å². The zero-order valence-corrected chi connectivity index (χ0v) is 16.8. The van der Waals surface area contributed by atoms with Crippen molar-refractivity contribution in [2.75, 3.05) is 24.6 Å². The molecule has 2 aliphatic heterocycles. The smallest absolute Gasteiger partial charge is 0.357 e. The van der Waals surface area contributed by atoms with E-state index in [4.69, 9.17) is 14.2 Å². The Morgan fingerprint density at radius 1 is 1.30 bits per heavy atom. The molecule has 2 saturated heterocycles. The summed E-state index contributed by atoms with van der Waals surface area (Å²) in [5.41, 5.74) is -0.275. The van der Waals surface area contributed by atoms with Crippen molar-refractivity contribution in [3.05, 3.63) is 18.0 Å². The molecule has 0 radical (unpaired) electrons. The van der Waals surface area contributed by atoms with E-state index < -0.39 is 11.6 Å². The fourth-order valence-electron chi connectivity index (χ4n) is 3.35. The van der Waals surface area contributed by atoms with Crippen LogP contribution in [0.5, 0.6) is 0 Å². The molecule has 3 atom stereocenters. The summed E-state index contributed by atoms with van der Waals surface area (Å²) < 4.78 is 17.4. The number of hydrogen-bond donors (Lipinski definition) is 0. The van der Waals surface area contributed by atoms with E-state index in [1.54, 1.807) is 12.3 Å². The number of ether oxygens (including phenoxy) is 3. The number of esters is 1. The van der Waals surface area contributed by atoms with Gasteiger partial charge in [-0.05, 0) is 58.4 Å². The van der Waals surface area contributed by atoms with Gasteiger partial charge in [-0.2, -0.15) is 0 Å². The molecule has 7 nitrogen and oxygen atoms in total. The van der Waals surface area contributed by atoms with E-state index in [2.05, 4.69) is 21.8 Å². The second-order valence-corrected chi connectivity index (χ2v) is 8.43. The van der Waals surface area contributed by atoms with Gasteiger partial charge in [-0.25, -0.2) is 14.8 Å². The first-order valence-electron chi connectivity index (χ1n) is 9.90. The summed E-state index contributed by atoms with van der Waals surface area (Å²) in [6.45, 7) is 10.0. The van der Waals surface area contributed by atoms with Crippen molar-refractivity contribution in [2.24, 2.45) is 5.92 Å². The van der Waals surface area contributed by atoms with Gasteiger partial charge in [0.1, 0.15) is 5.60 Å². The molecule has 3 rings (SSSR count). The molecule has 0 aromatic carbocycles. The Kier molecular flexibility index (Phi) is 6.32. The molecule has 7 heteroatoms. The second kappa shape index (κ2) is 8.52. The lowest BCUT2D eigenvalue weighted by molar-refractivity contribution is -0.197. The molecule has 1 aromatic heterocycles. The molecule has 27 heavy (non-hydrogen) atoms. The fraction of sp³-hybridized carbons (Fsp3) is 0.750. The van der Waals surface area contributed by atoms with Crippen LogP contribution in [-0.2, 0) is 14.2 Å². The maximum atomic E-state index is 12.3. The maximum absolute atomic E-state index is 12.3. The Balaban J connectivity index is 1.66. The van der Waals surface area contributed by atoms with Crippen LogP contribution in [0.4, 0.5) is 5.95 Å². The van der Waals surface area contributed by atoms with Gasteiger partial charge in [0.2, 0.25) is 5.95 Å². The van der Waals surface area contributed by atoms with Crippen LogP contribution >= 0.6 is 0 Å². The summed E-state index contributed by atoms with van der Waals surface area (Å²) in [6.07, 6.45) is 5.76. The molecule has 1 aromatic rings. The predicted octanol–water partition coefficient (Wildman–Crippen LogP) is 3.19. The van der Waals surface area contributed by atoms with E-state index in [1.807, 2.05) is 20.8 Å². The van der Waals surface area contributed by atoms with Crippen molar-refractivity contribution in [2.45, 2.75) is 71.4 Å². The van der Waals surface area contributed by atoms with Gasteiger partial charge < -0.3 is 19.1 Å². The van der Waals surface area contributed by atoms with Crippen molar-refractivity contribution in [3.8, 4) is 0 Å². The van der Waals surface area contributed by atoms with Crippen molar-refractivity contribution in [1.82, 2.24) is 9.97 Å². The summed E-state index contributed by atoms with van der Waals surface area (Å²) >= 11 is 0. The molecule has 3 unspecified atom stereocenters. The highest BCUT2D eigenvalue weighted by molar-refractivity contribution is 5.87. The van der Waals surface area contributed by atoms with Crippen LogP contribution < -0.4 is 4.90 Å². The Morgan fingerprint density at radius 2 is 2.11 bits per heavy atom. The van der Waals surface area contributed by atoms with E-state index in [1.165, 1.54) is 0 Å². The van der Waals surface area contributed by atoms with Crippen molar-refractivity contribution >= 4 is 11.9 Å². The molecule has 0 N–H and O–H groups in total. The van der Waals surface area contributed by atoms with Crippen LogP contribution in [-0.4, -0.2) is 53.6 Å². The van der Waals surface area contributed by atoms with E-state index in [0.717, 1.165) is 38.8 Å². The van der Waals surface area contributed by atoms with Gasteiger partial charge in [-0.3, -0.25) is 0 Å². The van der Waals surface area contributed by atoms with Crippen LogP contribution in [0.3, 0.4) is 0 Å². The molecule has 150 valence electrons. The molecular formula is C20H31N3O4. The molecule has 2 fully saturated rings. The summed E-state index contributed by atoms with van der Waals surface area (Å²) in [5.74, 6) is 0.559.